The van der Waals surface area contributed by atoms with Crippen molar-refractivity contribution in [3.8, 4) is 11.3 Å². The van der Waals surface area contributed by atoms with Crippen molar-refractivity contribution in [2.24, 2.45) is 0 Å². The Labute approximate surface area is 206 Å². The van der Waals surface area contributed by atoms with Crippen molar-refractivity contribution in [1.82, 2.24) is 30.2 Å². The number of rotatable bonds is 9. The normalized spacial score (nSPS) is 12.6. The van der Waals surface area contributed by atoms with Crippen LogP contribution in [0.4, 0.5) is 30.6 Å². The molecule has 4 aromatic rings. The molecule has 0 spiro atoms. The van der Waals surface area contributed by atoms with Crippen LogP contribution in [0.5, 0.6) is 0 Å². The third kappa shape index (κ3) is 5.48. The van der Waals surface area contributed by atoms with Gasteiger partial charge in [0.15, 0.2) is 0 Å². The topological polar surface area (TPSA) is 121 Å². The number of aromatic nitrogens is 5. The van der Waals surface area contributed by atoms with Gasteiger partial charge in [-0.25, -0.2) is 19.9 Å². The fourth-order valence-corrected chi connectivity index (χ4v) is 3.79. The van der Waals surface area contributed by atoms with E-state index in [1.807, 2.05) is 33.2 Å². The van der Waals surface area contributed by atoms with Crippen LogP contribution in [0.25, 0.3) is 22.3 Å². The number of fused-ring (bicyclic) bond motifs is 1. The van der Waals surface area contributed by atoms with Gasteiger partial charge in [0.25, 0.3) is 0 Å². The van der Waals surface area contributed by atoms with Crippen LogP contribution in [0.3, 0.4) is 0 Å². The van der Waals surface area contributed by atoms with Crippen LogP contribution in [0.2, 0.25) is 0 Å². The van der Waals surface area contributed by atoms with Crippen LogP contribution in [0.1, 0.15) is 30.5 Å². The minimum absolute atomic E-state index is 0.181. The van der Waals surface area contributed by atoms with Gasteiger partial charge in [-0.05, 0) is 44.6 Å². The molecule has 0 aliphatic rings. The van der Waals surface area contributed by atoms with E-state index in [1.54, 1.807) is 12.4 Å². The van der Waals surface area contributed by atoms with Crippen LogP contribution in [0.15, 0.2) is 43.0 Å². The van der Waals surface area contributed by atoms with Crippen LogP contribution in [-0.2, 0) is 6.18 Å². The smallest absolute Gasteiger partial charge is 0.396 e. The molecule has 190 valence electrons. The second kappa shape index (κ2) is 10.4. The van der Waals surface area contributed by atoms with Crippen molar-refractivity contribution in [3.63, 3.8) is 0 Å². The van der Waals surface area contributed by atoms with Gasteiger partial charge in [-0.1, -0.05) is 6.07 Å². The number of aromatic amines is 1. The molecule has 4 rings (SSSR count). The molecule has 0 amide bonds. The Morgan fingerprint density at radius 2 is 1.94 bits per heavy atom. The highest BCUT2D eigenvalue weighted by Crippen LogP contribution is 2.35. The van der Waals surface area contributed by atoms with Gasteiger partial charge < -0.3 is 26.3 Å². The zero-order valence-corrected chi connectivity index (χ0v) is 20.2. The highest BCUT2D eigenvalue weighted by molar-refractivity contribution is 5.95. The Balaban J connectivity index is 1.54. The van der Waals surface area contributed by atoms with Gasteiger partial charge in [0.1, 0.15) is 17.2 Å². The summed E-state index contributed by atoms with van der Waals surface area (Å²) in [7, 11) is 3.93. The maximum atomic E-state index is 13.2. The molecule has 0 fully saturated rings. The maximum absolute atomic E-state index is 13.2. The van der Waals surface area contributed by atoms with Crippen molar-refractivity contribution in [2.45, 2.75) is 25.6 Å². The number of H-pyrrole nitrogens is 1. The Morgan fingerprint density at radius 3 is 2.64 bits per heavy atom. The van der Waals surface area contributed by atoms with Crippen molar-refractivity contribution in [3.05, 3.63) is 54.1 Å². The summed E-state index contributed by atoms with van der Waals surface area (Å²) in [6.45, 7) is 3.76. The van der Waals surface area contributed by atoms with Crippen molar-refractivity contribution in [1.29, 1.82) is 0 Å². The van der Waals surface area contributed by atoms with Crippen LogP contribution >= 0.6 is 0 Å². The first kappa shape index (κ1) is 25.2. The zero-order valence-electron chi connectivity index (χ0n) is 20.2. The van der Waals surface area contributed by atoms with E-state index in [-0.39, 0.29) is 23.1 Å². The Hall–Kier alpha value is -3.93. The molecule has 0 aromatic carbocycles. The summed E-state index contributed by atoms with van der Waals surface area (Å²) < 4.78 is 39.7. The molecule has 0 saturated heterocycles. The first-order valence-corrected chi connectivity index (χ1v) is 11.4. The zero-order chi connectivity index (χ0) is 25.9. The van der Waals surface area contributed by atoms with Crippen LogP contribution in [-0.4, -0.2) is 52.1 Å². The summed E-state index contributed by atoms with van der Waals surface area (Å²) >= 11 is 0. The maximum Gasteiger partial charge on any atom is 0.417 e. The highest BCUT2D eigenvalue weighted by Gasteiger charge is 2.31. The van der Waals surface area contributed by atoms with E-state index in [0.29, 0.717) is 16.9 Å². The fraction of sp³-hybridized carbons (Fsp3) is 0.333. The number of anilines is 3. The van der Waals surface area contributed by atoms with Crippen molar-refractivity contribution < 1.29 is 13.2 Å². The standard InChI is InChI=1S/C24H28F3N9/c1-14(15-5-6-20(30-10-15)36(3)8-4-7-29-2)34-23-33-13-19(28)21(35-23)18-12-32-22-17(18)9-16(11-31-22)24(25,26)27/h5-6,9-14,29H,4,7-8,28H2,1-3H3,(H,31,32)(H,33,34,35)/t14-/m1/s1. The number of alkyl halides is 3. The molecule has 4 heterocycles. The molecular weight excluding hydrogens is 471 g/mol. The summed E-state index contributed by atoms with van der Waals surface area (Å²) in [5, 5.41) is 6.62. The van der Waals surface area contributed by atoms with Gasteiger partial charge in [0, 0.05) is 43.1 Å². The van der Waals surface area contributed by atoms with Gasteiger partial charge in [-0.2, -0.15) is 13.2 Å². The van der Waals surface area contributed by atoms with E-state index in [9.17, 15) is 13.2 Å². The molecule has 5 N–H and O–H groups in total. The molecule has 0 bridgehead atoms. The average molecular weight is 500 g/mol. The van der Waals surface area contributed by atoms with Gasteiger partial charge in [-0.3, -0.25) is 0 Å². The number of hydrogen-bond donors (Lipinski definition) is 4. The molecule has 12 heteroatoms. The number of hydrogen-bond acceptors (Lipinski definition) is 8. The van der Waals surface area contributed by atoms with E-state index in [2.05, 4.69) is 40.5 Å². The minimum Gasteiger partial charge on any atom is -0.396 e. The number of halogens is 3. The molecule has 9 nitrogen and oxygen atoms in total. The number of nitrogens with one attached hydrogen (secondary N) is 3. The predicted octanol–water partition coefficient (Wildman–Crippen LogP) is 4.23. The molecule has 4 aromatic heterocycles. The van der Waals surface area contributed by atoms with Crippen molar-refractivity contribution >= 4 is 28.5 Å². The summed E-state index contributed by atoms with van der Waals surface area (Å²) in [5.74, 6) is 1.16. The van der Waals surface area contributed by atoms with E-state index in [1.165, 1.54) is 6.20 Å². The minimum atomic E-state index is -4.51. The quantitative estimate of drug-likeness (QED) is 0.253. The number of nitrogens with zero attached hydrogens (tertiary/aromatic N) is 5. The Kier molecular flexibility index (Phi) is 7.25. The lowest BCUT2D eigenvalue weighted by atomic mass is 10.1. The first-order chi connectivity index (χ1) is 17.2. The highest BCUT2D eigenvalue weighted by atomic mass is 19.4. The SMILES string of the molecule is CNCCCN(C)c1ccc([C@@H](C)Nc2ncc(N)c(-c3c[nH]c4ncc(C(F)(F)F)cc34)n2)cn1. The Morgan fingerprint density at radius 1 is 1.14 bits per heavy atom. The molecule has 0 saturated carbocycles. The van der Waals surface area contributed by atoms with Crippen LogP contribution in [0, 0.1) is 0 Å². The second-order valence-corrected chi connectivity index (χ2v) is 8.51. The second-order valence-electron chi connectivity index (χ2n) is 8.51. The third-order valence-electron chi connectivity index (χ3n) is 5.86. The molecule has 36 heavy (non-hydrogen) atoms. The average Bonchev–Trinajstić information content (AvgIpc) is 3.28. The molecule has 1 atom stereocenters. The van der Waals surface area contributed by atoms with E-state index >= 15 is 0 Å². The van der Waals surface area contributed by atoms with Gasteiger partial charge in [0.2, 0.25) is 5.95 Å². The molecular formula is C24H28F3N9. The number of pyridine rings is 2. The lowest BCUT2D eigenvalue weighted by Gasteiger charge is -2.19. The van der Waals surface area contributed by atoms with Gasteiger partial charge in [-0.15, -0.1) is 0 Å². The Bertz CT molecular complexity index is 1320. The molecule has 0 radical (unpaired) electrons. The number of nitrogen functional groups attached to an aromatic ring is 1. The first-order valence-electron chi connectivity index (χ1n) is 11.4. The lowest BCUT2D eigenvalue weighted by molar-refractivity contribution is -0.137. The monoisotopic (exact) mass is 499 g/mol. The lowest BCUT2D eigenvalue weighted by Crippen LogP contribution is -2.23. The summed E-state index contributed by atoms with van der Waals surface area (Å²) in [6.07, 6.45) is 2.05. The van der Waals surface area contributed by atoms with E-state index in [0.717, 1.165) is 43.2 Å². The summed E-state index contributed by atoms with van der Waals surface area (Å²) in [6, 6.07) is 4.80. The summed E-state index contributed by atoms with van der Waals surface area (Å²) in [5.41, 5.74) is 7.44. The fourth-order valence-electron chi connectivity index (χ4n) is 3.79. The summed E-state index contributed by atoms with van der Waals surface area (Å²) in [4.78, 5) is 22.2. The van der Waals surface area contributed by atoms with E-state index < -0.39 is 11.7 Å². The van der Waals surface area contributed by atoms with Crippen molar-refractivity contribution in [2.75, 3.05) is 43.1 Å². The predicted molar refractivity (Wildman–Crippen MR) is 135 cm³/mol. The largest absolute Gasteiger partial charge is 0.417 e. The number of nitrogens with two attached hydrogens (primary N) is 1. The van der Waals surface area contributed by atoms with E-state index in [4.69, 9.17) is 5.73 Å². The third-order valence-corrected chi connectivity index (χ3v) is 5.86. The molecule has 0 unspecified atom stereocenters. The van der Waals surface area contributed by atoms with Crippen LogP contribution < -0.4 is 21.3 Å². The van der Waals surface area contributed by atoms with Gasteiger partial charge in [0.05, 0.1) is 23.5 Å². The van der Waals surface area contributed by atoms with Gasteiger partial charge >= 0.3 is 6.18 Å². The molecule has 0 aliphatic heterocycles. The molecule has 0 aliphatic carbocycles.